The molecule has 0 saturated heterocycles. The van der Waals surface area contributed by atoms with E-state index in [0.717, 1.165) is 84.1 Å². The molecule has 0 saturated carbocycles. The van der Waals surface area contributed by atoms with Crippen LogP contribution in [0, 0.1) is 163 Å². The number of aryl methyl sites for hydroxylation is 10. The number of aromatic amines is 1. The Morgan fingerprint density at radius 3 is 1.26 bits per heavy atom. The molecule has 1 unspecified atom stereocenters. The molecule has 2 amide bonds. The van der Waals surface area contributed by atoms with Crippen LogP contribution in [0.4, 0.5) is 55.9 Å². The lowest BCUT2D eigenvalue weighted by Crippen LogP contribution is -2.33. The fraction of sp³-hybridized carbons (Fsp3) is 0.333. The summed E-state index contributed by atoms with van der Waals surface area (Å²) in [4.78, 5) is 132. The van der Waals surface area contributed by atoms with Crippen molar-refractivity contribution < 1.29 is 107 Å². The number of hydrogen-bond acceptors (Lipinski definition) is 29. The Morgan fingerprint density at radius 2 is 0.835 bits per heavy atom. The number of rotatable bonds is 16. The van der Waals surface area contributed by atoms with Gasteiger partial charge in [-0.1, -0.05) is 49.9 Å². The van der Waals surface area contributed by atoms with Crippen LogP contribution in [0.1, 0.15) is 129 Å². The number of fused-ring (bicyclic) bond motifs is 1. The first-order valence-electron chi connectivity index (χ1n) is 37.5. The molecule has 8 aromatic carbocycles. The molecular formula is C90H117FN10O26. The van der Waals surface area contributed by atoms with Gasteiger partial charge in [-0.2, -0.15) is 0 Å². The molecule has 0 fully saturated rings. The van der Waals surface area contributed by atoms with E-state index < -0.39 is 55.6 Å². The van der Waals surface area contributed by atoms with Gasteiger partial charge in [0.05, 0.1) is 118 Å². The average molecular weight is 1770 g/mol. The summed E-state index contributed by atoms with van der Waals surface area (Å²) >= 11 is 0. The molecule has 1 aromatic heterocycles. The highest BCUT2D eigenvalue weighted by atomic mass is 19.0. The number of anilines is 5. The van der Waals surface area contributed by atoms with E-state index in [9.17, 15) is 83.9 Å². The molecule has 1 heterocycles. The first-order chi connectivity index (χ1) is 58.5. The number of halogens is 1. The summed E-state index contributed by atoms with van der Waals surface area (Å²) in [6.07, 6.45) is -0.112. The molecule has 127 heavy (non-hydrogen) atoms. The quantitative estimate of drug-likeness (QED) is 0.00898. The van der Waals surface area contributed by atoms with E-state index in [0.29, 0.717) is 67.3 Å². The number of H-pyrrole nitrogens is 1. The number of ether oxygens (including phenoxy) is 9. The monoisotopic (exact) mass is 1770 g/mol. The van der Waals surface area contributed by atoms with Gasteiger partial charge in [-0.05, 0) is 191 Å². The number of benzene rings is 8. The van der Waals surface area contributed by atoms with Crippen LogP contribution in [0.25, 0.3) is 10.9 Å². The van der Waals surface area contributed by atoms with Crippen molar-refractivity contribution in [3.05, 3.63) is 249 Å². The topological polar surface area (TPSA) is 516 Å². The standard InChI is InChI=1S/C15H21NO5.C14H15NO4.C10H12N2O3.C10H13NO.C9H11NO3.C9H13NO.C8H10N2O2.C8H9NO3.C6H6O4.CH4.FH.H2/c1-9-6-7-11(10(2)14(9)20-4)16-12(15(18)21-5)8-13(17)19-3;1-7-5-9-11(16)6-10(14(17)19-4)15-12(9)8(2)13(7)18-3;1-6-4-5-9(12(14)15)7(2)10(6)11-8(3)13;1-7-5-4-6-8(2)10(7)11-9(3)12;1-6-4-5-8(10(11)12)7(2)9(6)13-3;1-6-4-5-8(10)7(2)9(6)11-3;1-5-3-4-7(10(11)12)6(2)8(5)9;1-5-3-4-7(9(11)12)6(2)8(5)10;1-9-5(7)3-4-6(8)10-2;;;/h6-7,12,16H,8H2,1-5H3;5-6H,1-4H3,(H,15,16);4-5H,1-3H3,(H,11,13);4-6H,1-3H3,(H,11,12);4-5H,1-3H3;4-5H,10H2,1-3H3;3-4H,9H2,1-2H3;3-4,10H,1-2H3;1-2H3;1H4;2*1H/i;;;;;;;;;;;1+1. The lowest BCUT2D eigenvalue weighted by Gasteiger charge is -2.20. The minimum absolute atomic E-state index is 0. The molecule has 36 nitrogen and oxygen atoms in total. The zero-order valence-corrected chi connectivity index (χ0v) is 75.6. The maximum absolute atomic E-state index is 12.1. The molecule has 9 rings (SSSR count). The lowest BCUT2D eigenvalue weighted by molar-refractivity contribution is -0.385. The second-order valence-electron chi connectivity index (χ2n) is 27.2. The number of nitro benzene ring substituents is 4. The number of nitrogens with two attached hydrogens (primary N) is 2. The number of esters is 5. The lowest BCUT2D eigenvalue weighted by atomic mass is 10.0. The number of nitrogen functional groups attached to an aromatic ring is 2. The minimum atomic E-state index is -0.812. The molecule has 0 aliphatic heterocycles. The van der Waals surface area contributed by atoms with Crippen molar-refractivity contribution in [1.82, 2.24) is 4.98 Å². The largest absolute Gasteiger partial charge is 0.507 e. The summed E-state index contributed by atoms with van der Waals surface area (Å²) in [5, 5.41) is 60.3. The number of hydrogen-bond donors (Lipinski definition) is 7. The number of phenolic OH excluding ortho intramolecular Hbond substituents is 1. The van der Waals surface area contributed by atoms with E-state index in [4.69, 9.17) is 35.2 Å². The molecule has 1 atom stereocenters. The Labute approximate surface area is 737 Å². The first-order valence-corrected chi connectivity index (χ1v) is 37.5. The van der Waals surface area contributed by atoms with Gasteiger partial charge in [0.25, 0.3) is 22.7 Å². The van der Waals surface area contributed by atoms with Crippen LogP contribution in [-0.4, -0.2) is 141 Å². The second kappa shape index (κ2) is 55.0. The van der Waals surface area contributed by atoms with Gasteiger partial charge in [0.15, 0.2) is 5.43 Å². The summed E-state index contributed by atoms with van der Waals surface area (Å²) in [6.45, 7) is 32.0. The normalized spacial score (nSPS) is 9.79. The Bertz CT molecular complexity index is 5460. The van der Waals surface area contributed by atoms with E-state index in [2.05, 4.69) is 39.9 Å². The van der Waals surface area contributed by atoms with Crippen LogP contribution >= 0.6 is 0 Å². The minimum Gasteiger partial charge on any atom is -0.507 e. The molecule has 37 heteroatoms. The number of methoxy groups -OCH3 is 9. The number of nitro groups is 4. The molecule has 0 aliphatic carbocycles. The van der Waals surface area contributed by atoms with E-state index in [-0.39, 0.29) is 71.4 Å². The summed E-state index contributed by atoms with van der Waals surface area (Å²) in [7, 11) is 12.5. The van der Waals surface area contributed by atoms with Gasteiger partial charge in [-0.3, -0.25) is 64.3 Å². The molecule has 9 aromatic rings. The van der Waals surface area contributed by atoms with Crippen molar-refractivity contribution in [3.63, 3.8) is 0 Å². The molecule has 0 spiro atoms. The summed E-state index contributed by atoms with van der Waals surface area (Å²) < 4.78 is 43.1. The zero-order chi connectivity index (χ0) is 95.9. The fourth-order valence-corrected chi connectivity index (χ4v) is 11.7. The Hall–Kier alpha value is -15.3. The van der Waals surface area contributed by atoms with Crippen molar-refractivity contribution >= 4 is 104 Å². The number of phenols is 1. The van der Waals surface area contributed by atoms with Gasteiger partial charge < -0.3 is 80.1 Å². The van der Waals surface area contributed by atoms with Crippen molar-refractivity contribution in [2.24, 2.45) is 0 Å². The summed E-state index contributed by atoms with van der Waals surface area (Å²) in [5.74, 6) is 3.36. The van der Waals surface area contributed by atoms with Crippen LogP contribution < -0.4 is 51.8 Å². The Kier molecular flexibility index (Phi) is 49.3. The molecule has 0 bridgehead atoms. The van der Waals surface area contributed by atoms with E-state index in [1.807, 2.05) is 124 Å². The van der Waals surface area contributed by atoms with Crippen LogP contribution in [-0.2, 0) is 52.5 Å². The zero-order valence-electron chi connectivity index (χ0n) is 75.6. The van der Waals surface area contributed by atoms with Crippen LogP contribution in [0.15, 0.2) is 108 Å². The number of nitrogens with one attached hydrogen (secondary N) is 4. The predicted molar refractivity (Wildman–Crippen MR) is 488 cm³/mol. The molecular weight excluding hydrogens is 1660 g/mol. The summed E-state index contributed by atoms with van der Waals surface area (Å²) in [6, 6.07) is 28.0. The third-order valence-electron chi connectivity index (χ3n) is 18.4. The third-order valence-corrected chi connectivity index (χ3v) is 18.4. The van der Waals surface area contributed by atoms with Gasteiger partial charge in [-0.15, -0.1) is 0 Å². The maximum Gasteiger partial charge on any atom is 0.384 e. The molecule has 0 radical (unpaired) electrons. The van der Waals surface area contributed by atoms with Crippen LogP contribution in [0.3, 0.4) is 0 Å². The fourth-order valence-electron chi connectivity index (χ4n) is 11.7. The smallest absolute Gasteiger partial charge is 0.384 e. The number of amides is 2. The van der Waals surface area contributed by atoms with Gasteiger partial charge in [0.1, 0.15) is 40.5 Å². The van der Waals surface area contributed by atoms with Crippen LogP contribution in [0.2, 0.25) is 0 Å². The van der Waals surface area contributed by atoms with Gasteiger partial charge in [-0.25, -0.2) is 19.2 Å². The number of pyridine rings is 1. The number of carbonyl (C=O) groups excluding carboxylic acids is 7. The highest BCUT2D eigenvalue weighted by Crippen LogP contribution is 2.35. The molecule has 690 valence electrons. The van der Waals surface area contributed by atoms with Crippen molar-refractivity contribution in [1.29, 1.82) is 0 Å². The van der Waals surface area contributed by atoms with Crippen molar-refractivity contribution in [2.75, 3.05) is 91.4 Å². The van der Waals surface area contributed by atoms with Crippen molar-refractivity contribution in [3.8, 4) is 40.6 Å². The average Bonchev–Trinajstić information content (AvgIpc) is 0.770. The number of aromatic nitrogens is 1. The second-order valence-corrected chi connectivity index (χ2v) is 27.2. The van der Waals surface area contributed by atoms with Crippen LogP contribution in [0.5, 0.6) is 28.7 Å². The number of nitrogens with zero attached hydrogens (tertiary/aromatic N) is 4. The number of para-hydroxylation sites is 1. The van der Waals surface area contributed by atoms with Gasteiger partial charge in [0, 0.05) is 108 Å². The maximum atomic E-state index is 12.1. The van der Waals surface area contributed by atoms with E-state index in [1.54, 1.807) is 80.2 Å². The van der Waals surface area contributed by atoms with Crippen molar-refractivity contribution in [2.45, 2.75) is 145 Å². The highest BCUT2D eigenvalue weighted by Gasteiger charge is 2.26. The Morgan fingerprint density at radius 1 is 0.449 bits per heavy atom. The van der Waals surface area contributed by atoms with Gasteiger partial charge in [0.2, 0.25) is 11.8 Å². The number of carbonyl (C=O) groups is 7. The first kappa shape index (κ1) is 114. The molecule has 9 N–H and O–H groups in total. The van der Waals surface area contributed by atoms with E-state index >= 15 is 0 Å². The molecule has 0 aliphatic rings. The third kappa shape index (κ3) is 34.2. The number of aromatic hydroxyl groups is 1. The van der Waals surface area contributed by atoms with Gasteiger partial charge >= 0.3 is 29.8 Å². The SMILES string of the molecule is C.CC(=O)Nc1c(C)ccc([N+](=O)[O-])c1C.CC(=O)Nc1c(C)cccc1C.COC(=O)C#CC(=O)OC.COC(=O)CC(Nc1ccc(C)c(OC)c1C)C(=O)OC.COC(=O)c1cc(=O)c2cc(C)c(OC)c(C)c2[nH]1.COc1c(C)ccc(N)c1C.COc1c(C)ccc([N+](=O)[O-])c1C.Cc1ccc([N+](=O)[O-])c(C)c1N.Cc1ccc([N+](=O)[O-])c(C)c1O.F.[2HH]. The summed E-state index contributed by atoms with van der Waals surface area (Å²) in [5.41, 5.74) is 28.4. The highest BCUT2D eigenvalue weighted by molar-refractivity contribution is 5.98. The van der Waals surface area contributed by atoms with E-state index in [1.165, 1.54) is 99.8 Å². The predicted octanol–water partition coefficient (Wildman–Crippen LogP) is 16.4. The Balaban J connectivity index is -0.00000138.